The third-order valence-corrected chi connectivity index (χ3v) is 7.54. The molecule has 0 spiro atoms. The van der Waals surface area contributed by atoms with Crippen molar-refractivity contribution in [2.75, 3.05) is 26.2 Å². The average Bonchev–Trinajstić information content (AvgIpc) is 2.69. The van der Waals surface area contributed by atoms with Gasteiger partial charge in [-0.1, -0.05) is 20.8 Å². The molecule has 3 rings (SSSR count). The van der Waals surface area contributed by atoms with Gasteiger partial charge in [0.2, 0.25) is 15.5 Å². The number of aromatic nitrogens is 1. The molecule has 0 bridgehead atoms. The number of nitrogens with zero attached hydrogens (tertiary/aromatic N) is 2. The van der Waals surface area contributed by atoms with Crippen molar-refractivity contribution in [2.24, 2.45) is 5.92 Å². The van der Waals surface area contributed by atoms with Crippen molar-refractivity contribution in [3.05, 3.63) is 40.2 Å². The number of H-pyrrole nitrogens is 1. The summed E-state index contributed by atoms with van der Waals surface area (Å²) in [6.45, 7) is 7.65. The van der Waals surface area contributed by atoms with Gasteiger partial charge in [0.05, 0.1) is 4.90 Å². The van der Waals surface area contributed by atoms with Crippen LogP contribution in [0.25, 0.3) is 10.9 Å². The number of rotatable bonds is 5. The van der Waals surface area contributed by atoms with Gasteiger partial charge in [-0.25, -0.2) is 8.42 Å². The zero-order chi connectivity index (χ0) is 20.5. The standard InChI is InChI=1S/C20H27N3O4S/c1-4-23(5-2)28(26,27)15-6-7-18-16(12-15)19(24)17(13-21-18)20(25)22-10-8-14(3)9-11-22/h6-7,12-14H,4-5,8-11H2,1-3H3,(H,21,24). The molecule has 152 valence electrons. The number of nitrogens with one attached hydrogen (secondary N) is 1. The molecule has 0 unspecified atom stereocenters. The van der Waals surface area contributed by atoms with Crippen LogP contribution >= 0.6 is 0 Å². The molecule has 2 heterocycles. The molecular weight excluding hydrogens is 378 g/mol. The highest BCUT2D eigenvalue weighted by atomic mass is 32.2. The molecule has 1 aliphatic rings. The first-order chi connectivity index (χ1) is 13.3. The summed E-state index contributed by atoms with van der Waals surface area (Å²) in [5, 5.41) is 0.212. The molecule has 0 radical (unpaired) electrons. The molecule has 1 amide bonds. The molecule has 1 aliphatic heterocycles. The van der Waals surface area contributed by atoms with Gasteiger partial charge in [0, 0.05) is 43.3 Å². The lowest BCUT2D eigenvalue weighted by atomic mass is 9.98. The van der Waals surface area contributed by atoms with Gasteiger partial charge < -0.3 is 9.88 Å². The zero-order valence-electron chi connectivity index (χ0n) is 16.6. The van der Waals surface area contributed by atoms with Crippen molar-refractivity contribution in [1.82, 2.24) is 14.2 Å². The molecule has 1 aromatic carbocycles. The van der Waals surface area contributed by atoms with E-state index < -0.39 is 15.5 Å². The Morgan fingerprint density at radius 1 is 1.21 bits per heavy atom. The van der Waals surface area contributed by atoms with E-state index in [4.69, 9.17) is 0 Å². The number of hydrogen-bond acceptors (Lipinski definition) is 4. The Hall–Kier alpha value is -2.19. The van der Waals surface area contributed by atoms with Crippen LogP contribution < -0.4 is 5.43 Å². The number of amides is 1. The lowest BCUT2D eigenvalue weighted by Crippen LogP contribution is -2.40. The van der Waals surface area contributed by atoms with Gasteiger partial charge in [0.15, 0.2) is 0 Å². The quantitative estimate of drug-likeness (QED) is 0.827. The zero-order valence-corrected chi connectivity index (χ0v) is 17.4. The SMILES string of the molecule is CCN(CC)S(=O)(=O)c1ccc2[nH]cc(C(=O)N3CCC(C)CC3)c(=O)c2c1. The second-order valence-electron chi connectivity index (χ2n) is 7.30. The topological polar surface area (TPSA) is 90.6 Å². The van der Waals surface area contributed by atoms with Gasteiger partial charge in [-0.2, -0.15) is 4.31 Å². The minimum Gasteiger partial charge on any atom is -0.360 e. The molecule has 1 N–H and O–H groups in total. The van der Waals surface area contributed by atoms with Gasteiger partial charge in [-0.15, -0.1) is 0 Å². The molecule has 28 heavy (non-hydrogen) atoms. The Balaban J connectivity index is 2.03. The van der Waals surface area contributed by atoms with Crippen LogP contribution in [0.1, 0.15) is 44.0 Å². The monoisotopic (exact) mass is 405 g/mol. The van der Waals surface area contributed by atoms with E-state index in [2.05, 4.69) is 11.9 Å². The first-order valence-corrected chi connectivity index (χ1v) is 11.2. The number of likely N-dealkylation sites (tertiary alicyclic amines) is 1. The van der Waals surface area contributed by atoms with Gasteiger partial charge >= 0.3 is 0 Å². The highest BCUT2D eigenvalue weighted by molar-refractivity contribution is 7.89. The summed E-state index contributed by atoms with van der Waals surface area (Å²) >= 11 is 0. The number of piperidine rings is 1. The van der Waals surface area contributed by atoms with Crippen LogP contribution in [-0.2, 0) is 10.0 Å². The van der Waals surface area contributed by atoms with Crippen LogP contribution in [0.4, 0.5) is 0 Å². The van der Waals surface area contributed by atoms with Crippen molar-refractivity contribution in [3.8, 4) is 0 Å². The van der Waals surface area contributed by atoms with Crippen molar-refractivity contribution in [3.63, 3.8) is 0 Å². The second kappa shape index (κ2) is 8.05. The highest BCUT2D eigenvalue weighted by Gasteiger charge is 2.25. The van der Waals surface area contributed by atoms with Crippen molar-refractivity contribution in [1.29, 1.82) is 0 Å². The minimum absolute atomic E-state index is 0.0550. The number of sulfonamides is 1. The van der Waals surface area contributed by atoms with Crippen molar-refractivity contribution < 1.29 is 13.2 Å². The molecule has 1 aromatic heterocycles. The molecule has 1 saturated heterocycles. The van der Waals surface area contributed by atoms with E-state index in [0.717, 1.165) is 12.8 Å². The Kier molecular flexibility index (Phi) is 5.90. The van der Waals surface area contributed by atoms with Gasteiger partial charge in [-0.05, 0) is 37.0 Å². The summed E-state index contributed by atoms with van der Waals surface area (Å²) in [5.41, 5.74) is 0.126. The minimum atomic E-state index is -3.68. The Labute approximate surface area is 165 Å². The number of aromatic amines is 1. The van der Waals surface area contributed by atoms with Crippen LogP contribution in [0.3, 0.4) is 0 Å². The van der Waals surface area contributed by atoms with E-state index in [9.17, 15) is 18.0 Å². The fraction of sp³-hybridized carbons (Fsp3) is 0.500. The van der Waals surface area contributed by atoms with Crippen LogP contribution in [0, 0.1) is 5.92 Å². The second-order valence-corrected chi connectivity index (χ2v) is 9.24. The van der Waals surface area contributed by atoms with Gasteiger partial charge in [0.1, 0.15) is 5.56 Å². The van der Waals surface area contributed by atoms with E-state index in [0.29, 0.717) is 37.6 Å². The molecule has 0 saturated carbocycles. The van der Waals surface area contributed by atoms with E-state index in [1.807, 2.05) is 0 Å². The van der Waals surface area contributed by atoms with Gasteiger partial charge in [0.25, 0.3) is 5.91 Å². The fourth-order valence-corrected chi connectivity index (χ4v) is 5.10. The molecule has 0 atom stereocenters. The Morgan fingerprint density at radius 3 is 2.46 bits per heavy atom. The first-order valence-electron chi connectivity index (χ1n) is 9.74. The smallest absolute Gasteiger partial charge is 0.259 e. The molecule has 8 heteroatoms. The summed E-state index contributed by atoms with van der Waals surface area (Å²) in [6.07, 6.45) is 3.27. The molecule has 2 aromatic rings. The van der Waals surface area contributed by atoms with Crippen LogP contribution in [0.2, 0.25) is 0 Å². The summed E-state index contributed by atoms with van der Waals surface area (Å²) in [5.74, 6) is 0.277. The van der Waals surface area contributed by atoms with Gasteiger partial charge in [-0.3, -0.25) is 9.59 Å². The summed E-state index contributed by atoms with van der Waals surface area (Å²) in [7, 11) is -3.68. The number of benzene rings is 1. The maximum Gasteiger partial charge on any atom is 0.259 e. The lowest BCUT2D eigenvalue weighted by Gasteiger charge is -2.30. The molecular formula is C20H27N3O4S. The summed E-state index contributed by atoms with van der Waals surface area (Å²) < 4.78 is 26.9. The van der Waals surface area contributed by atoms with E-state index in [1.54, 1.807) is 24.8 Å². The molecule has 0 aliphatic carbocycles. The number of fused-ring (bicyclic) bond motifs is 1. The van der Waals surface area contributed by atoms with E-state index in [-0.39, 0.29) is 21.8 Å². The largest absolute Gasteiger partial charge is 0.360 e. The fourth-order valence-electron chi connectivity index (χ4n) is 3.61. The van der Waals surface area contributed by atoms with Crippen LogP contribution in [0.5, 0.6) is 0 Å². The van der Waals surface area contributed by atoms with Crippen molar-refractivity contribution >= 4 is 26.8 Å². The Morgan fingerprint density at radius 2 is 1.86 bits per heavy atom. The maximum atomic E-state index is 13.0. The summed E-state index contributed by atoms with van der Waals surface area (Å²) in [4.78, 5) is 30.6. The third-order valence-electron chi connectivity index (χ3n) is 5.50. The number of carbonyl (C=O) groups excluding carboxylic acids is 1. The highest BCUT2D eigenvalue weighted by Crippen LogP contribution is 2.21. The molecule has 1 fully saturated rings. The predicted octanol–water partition coefficient (Wildman–Crippen LogP) is 2.43. The number of hydrogen-bond donors (Lipinski definition) is 1. The average molecular weight is 406 g/mol. The normalized spacial score (nSPS) is 16.1. The van der Waals surface area contributed by atoms with E-state index in [1.165, 1.54) is 22.6 Å². The number of carbonyl (C=O) groups is 1. The lowest BCUT2D eigenvalue weighted by molar-refractivity contribution is 0.0696. The summed E-state index contributed by atoms with van der Waals surface area (Å²) in [6, 6.07) is 4.43. The van der Waals surface area contributed by atoms with Crippen LogP contribution in [-0.4, -0.2) is 54.7 Å². The van der Waals surface area contributed by atoms with E-state index >= 15 is 0 Å². The van der Waals surface area contributed by atoms with Crippen molar-refractivity contribution in [2.45, 2.75) is 38.5 Å². The third kappa shape index (κ3) is 3.71. The first kappa shape index (κ1) is 20.5. The molecule has 7 nitrogen and oxygen atoms in total. The maximum absolute atomic E-state index is 13.0. The number of pyridine rings is 1. The Bertz CT molecular complexity index is 1030. The predicted molar refractivity (Wildman–Crippen MR) is 109 cm³/mol. The van der Waals surface area contributed by atoms with Crippen LogP contribution in [0.15, 0.2) is 34.1 Å².